The van der Waals surface area contributed by atoms with Crippen LogP contribution < -0.4 is 5.32 Å². The molecule has 1 saturated carbocycles. The molecular weight excluding hydrogens is 304 g/mol. The van der Waals surface area contributed by atoms with Gasteiger partial charge in [-0.15, -0.1) is 0 Å². The van der Waals surface area contributed by atoms with Crippen molar-refractivity contribution in [2.45, 2.75) is 44.1 Å². The number of amides is 2. The highest BCUT2D eigenvalue weighted by Gasteiger charge is 2.36. The molecule has 1 unspecified atom stereocenters. The number of nitrogens with zero attached hydrogens (tertiary/aromatic N) is 1. The van der Waals surface area contributed by atoms with Crippen LogP contribution in [0.5, 0.6) is 0 Å². The maximum absolute atomic E-state index is 12.3. The molecule has 5 nitrogen and oxygen atoms in total. The van der Waals surface area contributed by atoms with E-state index in [1.807, 2.05) is 30.3 Å². The Bertz CT molecular complexity index is 582. The lowest BCUT2D eigenvalue weighted by Crippen LogP contribution is -2.43. The molecule has 1 atom stereocenters. The quantitative estimate of drug-likeness (QED) is 0.830. The van der Waals surface area contributed by atoms with E-state index < -0.39 is 5.60 Å². The standard InChI is InChI=1S/C19H26N2O3/c22-17-12-16(18(23)20-14-19(24)9-4-5-10-19)13-21(17)11-8-15-6-2-1-3-7-15/h1-3,6-7,16,24H,4-5,8-14H2,(H,20,23). The highest BCUT2D eigenvalue weighted by molar-refractivity contribution is 5.89. The molecule has 5 heteroatoms. The minimum absolute atomic E-state index is 0.0469. The fourth-order valence-electron chi connectivity index (χ4n) is 3.68. The Balaban J connectivity index is 1.46. The van der Waals surface area contributed by atoms with Crippen LogP contribution >= 0.6 is 0 Å². The first kappa shape index (κ1) is 17.0. The number of aliphatic hydroxyl groups is 1. The molecule has 3 rings (SSSR count). The molecule has 2 fully saturated rings. The molecular formula is C19H26N2O3. The summed E-state index contributed by atoms with van der Waals surface area (Å²) in [6, 6.07) is 10.1. The zero-order valence-corrected chi connectivity index (χ0v) is 14.0. The molecule has 2 amide bonds. The monoisotopic (exact) mass is 330 g/mol. The van der Waals surface area contributed by atoms with Gasteiger partial charge < -0.3 is 15.3 Å². The van der Waals surface area contributed by atoms with Crippen LogP contribution in [0.2, 0.25) is 0 Å². The maximum Gasteiger partial charge on any atom is 0.225 e. The Labute approximate surface area is 143 Å². The second kappa shape index (κ2) is 7.34. The summed E-state index contributed by atoms with van der Waals surface area (Å²) in [4.78, 5) is 26.2. The zero-order valence-electron chi connectivity index (χ0n) is 14.0. The Hall–Kier alpha value is -1.88. The van der Waals surface area contributed by atoms with Gasteiger partial charge in [-0.1, -0.05) is 43.2 Å². The van der Waals surface area contributed by atoms with E-state index in [-0.39, 0.29) is 24.2 Å². The average molecular weight is 330 g/mol. The summed E-state index contributed by atoms with van der Waals surface area (Å²) in [5.74, 6) is -0.352. The van der Waals surface area contributed by atoms with E-state index in [9.17, 15) is 14.7 Å². The third-order valence-electron chi connectivity index (χ3n) is 5.22. The van der Waals surface area contributed by atoms with Crippen molar-refractivity contribution in [3.05, 3.63) is 35.9 Å². The van der Waals surface area contributed by atoms with Gasteiger partial charge in [-0.25, -0.2) is 0 Å². The molecule has 0 spiro atoms. The fraction of sp³-hybridized carbons (Fsp3) is 0.579. The highest BCUT2D eigenvalue weighted by atomic mass is 16.3. The lowest BCUT2D eigenvalue weighted by molar-refractivity contribution is -0.129. The molecule has 1 aliphatic carbocycles. The van der Waals surface area contributed by atoms with Gasteiger partial charge in [-0.2, -0.15) is 0 Å². The van der Waals surface area contributed by atoms with Crippen LogP contribution in [0.15, 0.2) is 30.3 Å². The average Bonchev–Trinajstić information content (AvgIpc) is 3.18. The van der Waals surface area contributed by atoms with Crippen LogP contribution in [0.3, 0.4) is 0 Å². The molecule has 0 aromatic heterocycles. The third-order valence-corrected chi connectivity index (χ3v) is 5.22. The number of carbonyl (C=O) groups excluding carboxylic acids is 2. The van der Waals surface area contributed by atoms with Crippen molar-refractivity contribution in [1.29, 1.82) is 0 Å². The van der Waals surface area contributed by atoms with Crippen LogP contribution in [-0.2, 0) is 16.0 Å². The van der Waals surface area contributed by atoms with E-state index in [0.29, 0.717) is 19.6 Å². The minimum Gasteiger partial charge on any atom is -0.388 e. The number of benzene rings is 1. The van der Waals surface area contributed by atoms with Crippen LogP contribution in [0.25, 0.3) is 0 Å². The van der Waals surface area contributed by atoms with Gasteiger partial charge in [-0.3, -0.25) is 9.59 Å². The van der Waals surface area contributed by atoms with Crippen molar-refractivity contribution >= 4 is 11.8 Å². The number of nitrogens with one attached hydrogen (secondary N) is 1. The van der Waals surface area contributed by atoms with Crippen LogP contribution in [0.4, 0.5) is 0 Å². The number of hydrogen-bond acceptors (Lipinski definition) is 3. The first-order valence-electron chi connectivity index (χ1n) is 8.88. The number of carbonyl (C=O) groups is 2. The Kier molecular flexibility index (Phi) is 5.19. The zero-order chi connectivity index (χ0) is 17.0. The lowest BCUT2D eigenvalue weighted by atomic mass is 10.0. The Morgan fingerprint density at radius 2 is 1.96 bits per heavy atom. The van der Waals surface area contributed by atoms with Crippen molar-refractivity contribution in [1.82, 2.24) is 10.2 Å². The molecule has 2 aliphatic rings. The third kappa shape index (κ3) is 4.15. The predicted octanol–water partition coefficient (Wildman–Crippen LogP) is 1.50. The van der Waals surface area contributed by atoms with Gasteiger partial charge in [0.25, 0.3) is 0 Å². The van der Waals surface area contributed by atoms with Crippen LogP contribution in [-0.4, -0.2) is 47.1 Å². The van der Waals surface area contributed by atoms with Gasteiger partial charge in [0.15, 0.2) is 0 Å². The lowest BCUT2D eigenvalue weighted by Gasteiger charge is -2.23. The van der Waals surface area contributed by atoms with Gasteiger partial charge in [0, 0.05) is 26.1 Å². The summed E-state index contributed by atoms with van der Waals surface area (Å²) in [6.07, 6.45) is 4.61. The molecule has 0 bridgehead atoms. The fourth-order valence-corrected chi connectivity index (χ4v) is 3.68. The van der Waals surface area contributed by atoms with Gasteiger partial charge in [0.2, 0.25) is 11.8 Å². The van der Waals surface area contributed by atoms with Crippen molar-refractivity contribution in [2.24, 2.45) is 5.92 Å². The van der Waals surface area contributed by atoms with E-state index in [0.717, 1.165) is 32.1 Å². The number of rotatable bonds is 6. The van der Waals surface area contributed by atoms with Crippen LogP contribution in [0.1, 0.15) is 37.7 Å². The first-order chi connectivity index (χ1) is 11.6. The van der Waals surface area contributed by atoms with E-state index in [2.05, 4.69) is 5.32 Å². The van der Waals surface area contributed by atoms with Gasteiger partial charge in [0.1, 0.15) is 0 Å². The van der Waals surface area contributed by atoms with E-state index in [4.69, 9.17) is 0 Å². The van der Waals surface area contributed by atoms with E-state index in [1.54, 1.807) is 4.90 Å². The topological polar surface area (TPSA) is 69.6 Å². The second-order valence-corrected chi connectivity index (χ2v) is 7.13. The van der Waals surface area contributed by atoms with Crippen molar-refractivity contribution in [3.8, 4) is 0 Å². The normalized spacial score (nSPS) is 22.8. The molecule has 2 N–H and O–H groups in total. The molecule has 0 radical (unpaired) electrons. The highest BCUT2D eigenvalue weighted by Crippen LogP contribution is 2.29. The minimum atomic E-state index is -0.745. The summed E-state index contributed by atoms with van der Waals surface area (Å²) >= 11 is 0. The SMILES string of the molecule is O=C(NCC1(O)CCCC1)C1CC(=O)N(CCc2ccccc2)C1. The summed E-state index contributed by atoms with van der Waals surface area (Å²) in [7, 11) is 0. The van der Waals surface area contributed by atoms with E-state index >= 15 is 0 Å². The molecule has 1 aromatic rings. The van der Waals surface area contributed by atoms with E-state index in [1.165, 1.54) is 5.56 Å². The Morgan fingerprint density at radius 1 is 1.25 bits per heavy atom. The van der Waals surface area contributed by atoms with Crippen molar-refractivity contribution < 1.29 is 14.7 Å². The Morgan fingerprint density at radius 3 is 2.67 bits per heavy atom. The summed E-state index contributed by atoms with van der Waals surface area (Å²) in [5.41, 5.74) is 0.451. The van der Waals surface area contributed by atoms with Crippen molar-refractivity contribution in [2.75, 3.05) is 19.6 Å². The summed E-state index contributed by atoms with van der Waals surface area (Å²) in [6.45, 7) is 1.44. The van der Waals surface area contributed by atoms with Gasteiger partial charge in [-0.05, 0) is 24.8 Å². The molecule has 1 saturated heterocycles. The summed E-state index contributed by atoms with van der Waals surface area (Å²) < 4.78 is 0. The molecule has 1 aromatic carbocycles. The first-order valence-corrected chi connectivity index (χ1v) is 8.88. The number of hydrogen-bond donors (Lipinski definition) is 2. The maximum atomic E-state index is 12.3. The van der Waals surface area contributed by atoms with Gasteiger partial charge >= 0.3 is 0 Å². The number of likely N-dealkylation sites (tertiary alicyclic amines) is 1. The molecule has 24 heavy (non-hydrogen) atoms. The molecule has 1 heterocycles. The van der Waals surface area contributed by atoms with Gasteiger partial charge in [0.05, 0.1) is 11.5 Å². The smallest absolute Gasteiger partial charge is 0.225 e. The second-order valence-electron chi connectivity index (χ2n) is 7.13. The van der Waals surface area contributed by atoms with Crippen molar-refractivity contribution in [3.63, 3.8) is 0 Å². The van der Waals surface area contributed by atoms with Crippen LogP contribution in [0, 0.1) is 5.92 Å². The molecule has 1 aliphatic heterocycles. The molecule has 130 valence electrons. The largest absolute Gasteiger partial charge is 0.388 e. The summed E-state index contributed by atoms with van der Waals surface area (Å²) in [5, 5.41) is 13.2. The predicted molar refractivity (Wildman–Crippen MR) is 91.3 cm³/mol.